The maximum atomic E-state index is 6.28. The van der Waals surface area contributed by atoms with Crippen LogP contribution < -0.4 is 4.74 Å². The first-order valence-corrected chi connectivity index (χ1v) is 8.58. The monoisotopic (exact) mass is 350 g/mol. The van der Waals surface area contributed by atoms with Gasteiger partial charge in [0.2, 0.25) is 6.23 Å². The summed E-state index contributed by atoms with van der Waals surface area (Å²) in [5.74, 6) is 1.65. The smallest absolute Gasteiger partial charge is 0.213 e. The van der Waals surface area contributed by atoms with Crippen molar-refractivity contribution < 1.29 is 9.15 Å². The average molecular weight is 351 g/mol. The summed E-state index contributed by atoms with van der Waals surface area (Å²) in [5.41, 5.74) is 3.05. The van der Waals surface area contributed by atoms with Gasteiger partial charge in [0.05, 0.1) is 12.3 Å². The van der Waals surface area contributed by atoms with E-state index >= 15 is 0 Å². The molecule has 0 unspecified atom stereocenters. The van der Waals surface area contributed by atoms with E-state index in [0.717, 1.165) is 34.8 Å². The van der Waals surface area contributed by atoms with Crippen LogP contribution in [-0.4, -0.2) is 10.7 Å². The van der Waals surface area contributed by atoms with E-state index in [0.29, 0.717) is 5.02 Å². The lowest BCUT2D eigenvalue weighted by molar-refractivity contribution is -0.0190. The molecule has 5 heteroatoms. The molecule has 124 valence electrons. The molecular weight excluding hydrogens is 336 g/mol. The molecule has 0 fully saturated rings. The van der Waals surface area contributed by atoms with Gasteiger partial charge in [-0.15, -0.1) is 0 Å². The van der Waals surface area contributed by atoms with E-state index in [9.17, 15) is 0 Å². The molecule has 4 nitrogen and oxygen atoms in total. The molecule has 0 N–H and O–H groups in total. The Labute approximate surface area is 150 Å². The number of benzene rings is 2. The zero-order chi connectivity index (χ0) is 16.8. The molecule has 25 heavy (non-hydrogen) atoms. The van der Waals surface area contributed by atoms with Gasteiger partial charge in [-0.2, -0.15) is 5.10 Å². The van der Waals surface area contributed by atoms with Crippen molar-refractivity contribution in [2.45, 2.75) is 18.7 Å². The molecular formula is C20H15ClN2O2. The van der Waals surface area contributed by atoms with Crippen molar-refractivity contribution in [2.24, 2.45) is 5.10 Å². The van der Waals surface area contributed by atoms with Gasteiger partial charge in [-0.25, -0.2) is 5.01 Å². The Balaban J connectivity index is 1.62. The molecule has 3 heterocycles. The Morgan fingerprint density at radius 2 is 1.92 bits per heavy atom. The Hall–Kier alpha value is -2.72. The van der Waals surface area contributed by atoms with Gasteiger partial charge in [-0.3, -0.25) is 0 Å². The van der Waals surface area contributed by atoms with E-state index in [1.807, 2.05) is 53.5 Å². The number of halogens is 1. The highest BCUT2D eigenvalue weighted by Gasteiger charge is 2.41. The fourth-order valence-electron chi connectivity index (χ4n) is 3.49. The lowest BCUT2D eigenvalue weighted by Crippen LogP contribution is -2.33. The SMILES string of the molecule is Clc1ccc2c(c1)[C@@H]1CC(c3ccco3)=NN1[C@@H](c1ccccc1)O2. The van der Waals surface area contributed by atoms with Crippen LogP contribution in [0.4, 0.5) is 0 Å². The van der Waals surface area contributed by atoms with Gasteiger partial charge in [0.15, 0.2) is 0 Å². The van der Waals surface area contributed by atoms with Crippen LogP contribution in [-0.2, 0) is 0 Å². The lowest BCUT2D eigenvalue weighted by Gasteiger charge is -2.38. The molecule has 5 rings (SSSR count). The van der Waals surface area contributed by atoms with E-state index in [1.54, 1.807) is 6.26 Å². The van der Waals surface area contributed by atoms with E-state index in [2.05, 4.69) is 12.1 Å². The number of ether oxygens (including phenoxy) is 1. The highest BCUT2D eigenvalue weighted by Crippen LogP contribution is 2.48. The van der Waals surface area contributed by atoms with Crippen LogP contribution in [0.2, 0.25) is 5.02 Å². The van der Waals surface area contributed by atoms with Gasteiger partial charge in [0, 0.05) is 22.6 Å². The van der Waals surface area contributed by atoms with Gasteiger partial charge in [0.1, 0.15) is 17.2 Å². The van der Waals surface area contributed by atoms with Crippen LogP contribution in [0.25, 0.3) is 0 Å². The standard InChI is InChI=1S/C20H15ClN2O2/c21-14-8-9-18-15(11-14)17-12-16(19-7-4-10-24-19)22-23(17)20(25-18)13-5-2-1-3-6-13/h1-11,17,20H,12H2/t17-,20+/m0/s1. The van der Waals surface area contributed by atoms with Crippen molar-refractivity contribution in [2.75, 3.05) is 0 Å². The van der Waals surface area contributed by atoms with Crippen molar-refractivity contribution in [3.8, 4) is 5.75 Å². The Bertz CT molecular complexity index is 938. The molecule has 0 saturated heterocycles. The third-order valence-corrected chi connectivity index (χ3v) is 4.88. The topological polar surface area (TPSA) is 38.0 Å². The number of rotatable bonds is 2. The van der Waals surface area contributed by atoms with Gasteiger partial charge < -0.3 is 9.15 Å². The summed E-state index contributed by atoms with van der Waals surface area (Å²) in [6.07, 6.45) is 2.16. The summed E-state index contributed by atoms with van der Waals surface area (Å²) < 4.78 is 11.8. The average Bonchev–Trinajstić information content (AvgIpc) is 3.31. The minimum Gasteiger partial charge on any atom is -0.464 e. The van der Waals surface area contributed by atoms with E-state index in [1.165, 1.54) is 0 Å². The predicted octanol–water partition coefficient (Wildman–Crippen LogP) is 5.18. The molecule has 0 spiro atoms. The van der Waals surface area contributed by atoms with Gasteiger partial charge in [-0.05, 0) is 30.3 Å². The van der Waals surface area contributed by atoms with E-state index in [4.69, 9.17) is 25.9 Å². The molecule has 1 aromatic heterocycles. The summed E-state index contributed by atoms with van der Waals surface area (Å²) in [7, 11) is 0. The van der Waals surface area contributed by atoms with Crippen LogP contribution >= 0.6 is 11.6 Å². The second-order valence-corrected chi connectivity index (χ2v) is 6.62. The minimum absolute atomic E-state index is 0.0766. The lowest BCUT2D eigenvalue weighted by atomic mass is 9.97. The molecule has 2 aromatic carbocycles. The molecule has 0 saturated carbocycles. The van der Waals surface area contributed by atoms with Crippen LogP contribution in [0.1, 0.15) is 35.6 Å². The maximum Gasteiger partial charge on any atom is 0.213 e. The van der Waals surface area contributed by atoms with Crippen LogP contribution in [0.15, 0.2) is 76.4 Å². The van der Waals surface area contributed by atoms with E-state index in [-0.39, 0.29) is 12.3 Å². The maximum absolute atomic E-state index is 6.28. The fourth-order valence-corrected chi connectivity index (χ4v) is 3.67. The highest BCUT2D eigenvalue weighted by molar-refractivity contribution is 6.30. The van der Waals surface area contributed by atoms with Gasteiger partial charge in [0.25, 0.3) is 0 Å². The largest absolute Gasteiger partial charge is 0.464 e. The van der Waals surface area contributed by atoms with E-state index < -0.39 is 0 Å². The fraction of sp³-hybridized carbons (Fsp3) is 0.150. The summed E-state index contributed by atoms with van der Waals surface area (Å²) in [6, 6.07) is 19.8. The second kappa shape index (κ2) is 5.67. The molecule has 0 radical (unpaired) electrons. The molecule has 0 amide bonds. The Morgan fingerprint density at radius 3 is 2.72 bits per heavy atom. The first-order chi connectivity index (χ1) is 12.3. The summed E-state index contributed by atoms with van der Waals surface area (Å²) in [5, 5.41) is 7.55. The number of fused-ring (bicyclic) bond motifs is 3. The number of nitrogens with zero attached hydrogens (tertiary/aromatic N) is 2. The number of hydrogen-bond donors (Lipinski definition) is 0. The minimum atomic E-state index is -0.271. The number of furan rings is 1. The van der Waals surface area contributed by atoms with Crippen molar-refractivity contribution in [1.82, 2.24) is 5.01 Å². The number of hydrazone groups is 1. The van der Waals surface area contributed by atoms with Crippen molar-refractivity contribution >= 4 is 17.3 Å². The van der Waals surface area contributed by atoms with Crippen LogP contribution in [0, 0.1) is 0 Å². The molecule has 2 atom stereocenters. The third-order valence-electron chi connectivity index (χ3n) is 4.64. The van der Waals surface area contributed by atoms with Crippen molar-refractivity contribution in [1.29, 1.82) is 0 Å². The summed E-state index contributed by atoms with van der Waals surface area (Å²) in [6.45, 7) is 0. The highest BCUT2D eigenvalue weighted by atomic mass is 35.5. The summed E-state index contributed by atoms with van der Waals surface area (Å²) >= 11 is 6.23. The molecule has 2 aliphatic rings. The Morgan fingerprint density at radius 1 is 1.04 bits per heavy atom. The molecule has 0 aliphatic carbocycles. The van der Waals surface area contributed by atoms with Gasteiger partial charge >= 0.3 is 0 Å². The Kier molecular flexibility index (Phi) is 3.31. The number of hydrogen-bond acceptors (Lipinski definition) is 4. The first-order valence-electron chi connectivity index (χ1n) is 8.20. The first kappa shape index (κ1) is 14.6. The normalized spacial score (nSPS) is 21.3. The zero-order valence-corrected chi connectivity index (χ0v) is 14.1. The van der Waals surface area contributed by atoms with Crippen molar-refractivity contribution in [3.63, 3.8) is 0 Å². The van der Waals surface area contributed by atoms with Crippen molar-refractivity contribution in [3.05, 3.63) is 88.8 Å². The van der Waals surface area contributed by atoms with Crippen LogP contribution in [0.3, 0.4) is 0 Å². The zero-order valence-electron chi connectivity index (χ0n) is 13.3. The van der Waals surface area contributed by atoms with Gasteiger partial charge in [-0.1, -0.05) is 41.9 Å². The predicted molar refractivity (Wildman–Crippen MR) is 95.7 cm³/mol. The third kappa shape index (κ3) is 2.41. The molecule has 0 bridgehead atoms. The van der Waals surface area contributed by atoms with Crippen LogP contribution in [0.5, 0.6) is 5.75 Å². The molecule has 2 aliphatic heterocycles. The quantitative estimate of drug-likeness (QED) is 0.639. The molecule has 3 aromatic rings. The second-order valence-electron chi connectivity index (χ2n) is 6.19. The summed E-state index contributed by atoms with van der Waals surface area (Å²) in [4.78, 5) is 0.